The van der Waals surface area contributed by atoms with E-state index >= 15 is 0 Å². The van der Waals surface area contributed by atoms with Crippen LogP contribution in [0.1, 0.15) is 15.9 Å². The molecule has 3 aromatic rings. The first kappa shape index (κ1) is 15.1. The molecule has 0 aliphatic carbocycles. The molecule has 0 fully saturated rings. The Kier molecular flexibility index (Phi) is 3.78. The molecule has 0 heterocycles. The summed E-state index contributed by atoms with van der Waals surface area (Å²) in [6.07, 6.45) is -4.43. The van der Waals surface area contributed by atoms with Crippen molar-refractivity contribution >= 4 is 16.7 Å². The van der Waals surface area contributed by atoms with Gasteiger partial charge in [-0.1, -0.05) is 30.3 Å². The van der Waals surface area contributed by atoms with Gasteiger partial charge in [-0.3, -0.25) is 0 Å². The largest absolute Gasteiger partial charge is 0.423 e. The average Bonchev–Trinajstić information content (AvgIpc) is 2.54. The molecular weight excluding hydrogens is 305 g/mol. The molecule has 3 rings (SSSR count). The second-order valence-corrected chi connectivity index (χ2v) is 4.97. The number of ether oxygens (including phenoxy) is 1. The Morgan fingerprint density at radius 3 is 2.13 bits per heavy atom. The van der Waals surface area contributed by atoms with Crippen LogP contribution in [0.2, 0.25) is 0 Å². The monoisotopic (exact) mass is 316 g/mol. The lowest BCUT2D eigenvalue weighted by Gasteiger charge is -2.08. The predicted molar refractivity (Wildman–Crippen MR) is 80.4 cm³/mol. The highest BCUT2D eigenvalue weighted by Crippen LogP contribution is 2.29. The molecule has 0 saturated heterocycles. The van der Waals surface area contributed by atoms with Crippen LogP contribution in [-0.2, 0) is 6.18 Å². The SMILES string of the molecule is O=C(Oc1ccc2ccccc2c1)c1ccc(C(F)(F)F)cc1. The maximum atomic E-state index is 12.5. The van der Waals surface area contributed by atoms with Crippen molar-refractivity contribution in [1.82, 2.24) is 0 Å². The number of esters is 1. The van der Waals surface area contributed by atoms with E-state index in [1.165, 1.54) is 0 Å². The number of carbonyl (C=O) groups excluding carboxylic acids is 1. The predicted octanol–water partition coefficient (Wildman–Crippen LogP) is 5.08. The lowest BCUT2D eigenvalue weighted by atomic mass is 10.1. The third-order valence-electron chi connectivity index (χ3n) is 3.38. The average molecular weight is 316 g/mol. The van der Waals surface area contributed by atoms with Gasteiger partial charge in [0.25, 0.3) is 0 Å². The number of rotatable bonds is 2. The molecule has 0 atom stereocenters. The highest BCUT2D eigenvalue weighted by molar-refractivity contribution is 5.92. The number of fused-ring (bicyclic) bond motifs is 1. The van der Waals surface area contributed by atoms with Gasteiger partial charge in [0.15, 0.2) is 0 Å². The van der Waals surface area contributed by atoms with Crippen LogP contribution in [0.4, 0.5) is 13.2 Å². The summed E-state index contributed by atoms with van der Waals surface area (Å²) in [6.45, 7) is 0. The molecule has 23 heavy (non-hydrogen) atoms. The normalized spacial score (nSPS) is 11.4. The number of alkyl halides is 3. The second kappa shape index (κ2) is 5.76. The van der Waals surface area contributed by atoms with Gasteiger partial charge in [0.2, 0.25) is 0 Å². The minimum atomic E-state index is -4.43. The summed E-state index contributed by atoms with van der Waals surface area (Å²) in [7, 11) is 0. The minimum Gasteiger partial charge on any atom is -0.423 e. The van der Waals surface area contributed by atoms with E-state index in [2.05, 4.69) is 0 Å². The zero-order valence-corrected chi connectivity index (χ0v) is 11.8. The van der Waals surface area contributed by atoms with E-state index in [9.17, 15) is 18.0 Å². The van der Waals surface area contributed by atoms with Crippen molar-refractivity contribution in [2.45, 2.75) is 6.18 Å². The number of carbonyl (C=O) groups is 1. The van der Waals surface area contributed by atoms with Gasteiger partial charge in [-0.15, -0.1) is 0 Å². The van der Waals surface area contributed by atoms with Crippen molar-refractivity contribution in [1.29, 1.82) is 0 Å². The fourth-order valence-electron chi connectivity index (χ4n) is 2.19. The van der Waals surface area contributed by atoms with Crippen molar-refractivity contribution in [3.8, 4) is 5.75 Å². The van der Waals surface area contributed by atoms with Gasteiger partial charge in [0.05, 0.1) is 11.1 Å². The highest BCUT2D eigenvalue weighted by Gasteiger charge is 2.30. The molecule has 2 nitrogen and oxygen atoms in total. The molecule has 0 aromatic heterocycles. The summed E-state index contributed by atoms with van der Waals surface area (Å²) in [6, 6.07) is 16.7. The molecule has 0 aliphatic rings. The lowest BCUT2D eigenvalue weighted by molar-refractivity contribution is -0.137. The molecule has 0 radical (unpaired) electrons. The van der Waals surface area contributed by atoms with Gasteiger partial charge >= 0.3 is 12.1 Å². The molecule has 0 bridgehead atoms. The van der Waals surface area contributed by atoms with Gasteiger partial charge in [-0.25, -0.2) is 4.79 Å². The van der Waals surface area contributed by atoms with E-state index in [-0.39, 0.29) is 5.56 Å². The Labute approximate surface area is 130 Å². The summed E-state index contributed by atoms with van der Waals surface area (Å²) >= 11 is 0. The Morgan fingerprint density at radius 2 is 1.48 bits per heavy atom. The number of hydrogen-bond acceptors (Lipinski definition) is 2. The van der Waals surface area contributed by atoms with Gasteiger partial charge in [0, 0.05) is 0 Å². The van der Waals surface area contributed by atoms with E-state index in [0.29, 0.717) is 5.75 Å². The van der Waals surface area contributed by atoms with Crippen LogP contribution in [0.15, 0.2) is 66.7 Å². The number of benzene rings is 3. The standard InChI is InChI=1S/C18H11F3O2/c19-18(20,21)15-8-5-13(6-9-15)17(22)23-16-10-7-12-3-1-2-4-14(12)11-16/h1-11H. The summed E-state index contributed by atoms with van der Waals surface area (Å²) in [5.41, 5.74) is -0.745. The van der Waals surface area contributed by atoms with Crippen molar-refractivity contribution < 1.29 is 22.7 Å². The molecule has 0 amide bonds. The summed E-state index contributed by atoms with van der Waals surface area (Å²) in [5.74, 6) is -0.359. The third kappa shape index (κ3) is 3.34. The highest BCUT2D eigenvalue weighted by atomic mass is 19.4. The minimum absolute atomic E-state index is 0.0613. The quantitative estimate of drug-likeness (QED) is 0.487. The van der Waals surface area contributed by atoms with Crippen LogP contribution in [0, 0.1) is 0 Å². The summed E-state index contributed by atoms with van der Waals surface area (Å²) in [4.78, 5) is 12.0. The maximum Gasteiger partial charge on any atom is 0.416 e. The zero-order valence-electron chi connectivity index (χ0n) is 11.8. The smallest absolute Gasteiger partial charge is 0.416 e. The molecule has 116 valence electrons. The molecule has 0 unspecified atom stereocenters. The first-order valence-corrected chi connectivity index (χ1v) is 6.82. The molecule has 5 heteroatoms. The Balaban J connectivity index is 1.80. The number of hydrogen-bond donors (Lipinski definition) is 0. The van der Waals surface area contributed by atoms with Crippen LogP contribution in [0.3, 0.4) is 0 Å². The molecular formula is C18H11F3O2. The van der Waals surface area contributed by atoms with Crippen molar-refractivity contribution in [3.05, 3.63) is 77.9 Å². The first-order valence-electron chi connectivity index (χ1n) is 6.82. The van der Waals surface area contributed by atoms with Crippen LogP contribution < -0.4 is 4.74 Å². The summed E-state index contributed by atoms with van der Waals surface area (Å²) in [5, 5.41) is 1.91. The fraction of sp³-hybridized carbons (Fsp3) is 0.0556. The molecule has 0 N–H and O–H groups in total. The maximum absolute atomic E-state index is 12.5. The second-order valence-electron chi connectivity index (χ2n) is 4.97. The van der Waals surface area contributed by atoms with Crippen LogP contribution >= 0.6 is 0 Å². The zero-order chi connectivity index (χ0) is 16.4. The van der Waals surface area contributed by atoms with Gasteiger partial charge in [-0.2, -0.15) is 13.2 Å². The van der Waals surface area contributed by atoms with Crippen LogP contribution in [0.5, 0.6) is 5.75 Å². The summed E-state index contributed by atoms with van der Waals surface area (Å²) < 4.78 is 42.7. The molecule has 3 aromatic carbocycles. The van der Waals surface area contributed by atoms with Crippen LogP contribution in [-0.4, -0.2) is 5.97 Å². The Hall–Kier alpha value is -2.82. The van der Waals surface area contributed by atoms with Gasteiger partial charge in [0.1, 0.15) is 5.75 Å². The van der Waals surface area contributed by atoms with Gasteiger partial charge < -0.3 is 4.74 Å². The number of halogens is 3. The lowest BCUT2D eigenvalue weighted by Crippen LogP contribution is -2.10. The topological polar surface area (TPSA) is 26.3 Å². The first-order chi connectivity index (χ1) is 10.9. The van der Waals surface area contributed by atoms with E-state index in [1.54, 1.807) is 12.1 Å². The van der Waals surface area contributed by atoms with E-state index in [0.717, 1.165) is 35.0 Å². The van der Waals surface area contributed by atoms with Crippen molar-refractivity contribution in [3.63, 3.8) is 0 Å². The molecule has 0 spiro atoms. The third-order valence-corrected chi connectivity index (χ3v) is 3.38. The van der Waals surface area contributed by atoms with Gasteiger partial charge in [-0.05, 0) is 47.2 Å². The molecule has 0 aliphatic heterocycles. The van der Waals surface area contributed by atoms with Crippen LogP contribution in [0.25, 0.3) is 10.8 Å². The van der Waals surface area contributed by atoms with E-state index in [4.69, 9.17) is 4.74 Å². The fourth-order valence-corrected chi connectivity index (χ4v) is 2.19. The Morgan fingerprint density at radius 1 is 0.826 bits per heavy atom. The van der Waals surface area contributed by atoms with Crippen molar-refractivity contribution in [2.24, 2.45) is 0 Å². The van der Waals surface area contributed by atoms with E-state index in [1.807, 2.05) is 30.3 Å². The molecule has 0 saturated carbocycles. The van der Waals surface area contributed by atoms with Crippen molar-refractivity contribution in [2.75, 3.05) is 0 Å². The Bertz CT molecular complexity index is 852. The van der Waals surface area contributed by atoms with E-state index < -0.39 is 17.7 Å².